The normalized spacial score (nSPS) is 11.7. The van der Waals surface area contributed by atoms with Gasteiger partial charge in [-0.3, -0.25) is 0 Å². The molecular weight excluding hydrogens is 390 g/mol. The summed E-state index contributed by atoms with van der Waals surface area (Å²) in [5.41, 5.74) is -0.375. The zero-order valence-corrected chi connectivity index (χ0v) is 15.9. The van der Waals surface area contributed by atoms with Gasteiger partial charge in [-0.1, -0.05) is 23.2 Å². The van der Waals surface area contributed by atoms with Gasteiger partial charge in [-0.05, 0) is 32.3 Å². The van der Waals surface area contributed by atoms with E-state index in [1.54, 1.807) is 25.2 Å². The van der Waals surface area contributed by atoms with E-state index >= 15 is 0 Å². The van der Waals surface area contributed by atoms with Crippen molar-refractivity contribution in [2.75, 3.05) is 44.4 Å². The number of rotatable bonds is 6. The second-order valence-electron chi connectivity index (χ2n) is 5.91. The van der Waals surface area contributed by atoms with Crippen molar-refractivity contribution in [2.24, 2.45) is 0 Å². The number of alkyl halides is 3. The second kappa shape index (κ2) is 8.28. The fourth-order valence-electron chi connectivity index (χ4n) is 2.08. The van der Waals surface area contributed by atoms with Gasteiger partial charge in [-0.2, -0.15) is 18.2 Å². The van der Waals surface area contributed by atoms with Crippen molar-refractivity contribution in [1.29, 1.82) is 0 Å². The molecule has 26 heavy (non-hydrogen) atoms. The number of halogens is 5. The van der Waals surface area contributed by atoms with Crippen molar-refractivity contribution in [2.45, 2.75) is 6.18 Å². The van der Waals surface area contributed by atoms with Gasteiger partial charge in [0, 0.05) is 32.0 Å². The van der Waals surface area contributed by atoms with Gasteiger partial charge >= 0.3 is 6.18 Å². The minimum atomic E-state index is -4.55. The molecule has 0 spiro atoms. The van der Waals surface area contributed by atoms with Gasteiger partial charge in [0.2, 0.25) is 5.95 Å². The quantitative estimate of drug-likeness (QED) is 0.760. The molecule has 0 aliphatic rings. The van der Waals surface area contributed by atoms with Crippen molar-refractivity contribution < 1.29 is 13.2 Å². The minimum Gasteiger partial charge on any atom is -0.358 e. The molecule has 0 saturated carbocycles. The first-order valence-electron chi connectivity index (χ1n) is 7.60. The molecule has 1 aromatic heterocycles. The van der Waals surface area contributed by atoms with E-state index in [0.29, 0.717) is 28.8 Å². The summed E-state index contributed by atoms with van der Waals surface area (Å²) in [4.78, 5) is 11.2. The van der Waals surface area contributed by atoms with Crippen LogP contribution in [0.3, 0.4) is 0 Å². The predicted octanol–water partition coefficient (Wildman–Crippen LogP) is 4.54. The lowest BCUT2D eigenvalue weighted by molar-refractivity contribution is -0.137. The van der Waals surface area contributed by atoms with E-state index in [0.717, 1.165) is 6.20 Å². The van der Waals surface area contributed by atoms with E-state index in [4.69, 9.17) is 23.2 Å². The van der Waals surface area contributed by atoms with Crippen LogP contribution in [0.5, 0.6) is 0 Å². The van der Waals surface area contributed by atoms with E-state index in [1.165, 1.54) is 4.90 Å². The topological polar surface area (TPSA) is 44.3 Å². The zero-order valence-electron chi connectivity index (χ0n) is 14.4. The molecule has 2 aromatic rings. The van der Waals surface area contributed by atoms with Crippen LogP contribution in [-0.2, 0) is 6.18 Å². The molecule has 0 aliphatic heterocycles. The van der Waals surface area contributed by atoms with Crippen LogP contribution in [0.1, 0.15) is 5.56 Å². The highest BCUT2D eigenvalue weighted by atomic mass is 35.5. The smallest absolute Gasteiger partial charge is 0.358 e. The number of hydrogen-bond acceptors (Lipinski definition) is 5. The van der Waals surface area contributed by atoms with Crippen molar-refractivity contribution >= 4 is 40.7 Å². The Kier molecular flexibility index (Phi) is 6.54. The predicted molar refractivity (Wildman–Crippen MR) is 98.6 cm³/mol. The van der Waals surface area contributed by atoms with Crippen molar-refractivity contribution in [3.8, 4) is 0 Å². The van der Waals surface area contributed by atoms with Gasteiger partial charge in [0.05, 0.1) is 10.0 Å². The maximum absolute atomic E-state index is 13.3. The van der Waals surface area contributed by atoms with Crippen LogP contribution in [0.15, 0.2) is 24.4 Å². The van der Waals surface area contributed by atoms with E-state index in [2.05, 4.69) is 15.3 Å². The molecule has 0 unspecified atom stereocenters. The van der Waals surface area contributed by atoms with Crippen LogP contribution in [0.2, 0.25) is 10.0 Å². The summed E-state index contributed by atoms with van der Waals surface area (Å²) in [7, 11) is 5.25. The first kappa shape index (κ1) is 20.5. The SMILES string of the molecule is CN(C)CCN(C)c1nc(Nc2ccc(Cl)c(Cl)c2)ncc1C(F)(F)F. The average molecular weight is 408 g/mol. The lowest BCUT2D eigenvalue weighted by Gasteiger charge is -2.24. The Morgan fingerprint density at radius 2 is 1.77 bits per heavy atom. The number of anilines is 3. The summed E-state index contributed by atoms with van der Waals surface area (Å²) in [5.74, 6) is -0.167. The third kappa shape index (κ3) is 5.36. The van der Waals surface area contributed by atoms with Gasteiger partial charge in [0.15, 0.2) is 0 Å². The first-order valence-corrected chi connectivity index (χ1v) is 8.35. The molecular formula is C16H18Cl2F3N5. The Morgan fingerprint density at radius 1 is 1.08 bits per heavy atom. The number of nitrogens with zero attached hydrogens (tertiary/aromatic N) is 4. The van der Waals surface area contributed by atoms with Crippen molar-refractivity contribution in [3.63, 3.8) is 0 Å². The number of hydrogen-bond donors (Lipinski definition) is 1. The molecule has 0 atom stereocenters. The third-order valence-electron chi connectivity index (χ3n) is 3.49. The van der Waals surface area contributed by atoms with Crippen molar-refractivity contribution in [1.82, 2.24) is 14.9 Å². The Morgan fingerprint density at radius 3 is 2.35 bits per heavy atom. The molecule has 0 saturated heterocycles. The van der Waals surface area contributed by atoms with Crippen LogP contribution in [0.4, 0.5) is 30.6 Å². The minimum absolute atomic E-state index is 0.0306. The Labute approximate surface area is 159 Å². The van der Waals surface area contributed by atoms with E-state index in [1.807, 2.05) is 19.0 Å². The molecule has 1 aromatic carbocycles. The fourth-order valence-corrected chi connectivity index (χ4v) is 2.38. The summed E-state index contributed by atoms with van der Waals surface area (Å²) < 4.78 is 39.9. The summed E-state index contributed by atoms with van der Waals surface area (Å²) >= 11 is 11.8. The number of nitrogens with one attached hydrogen (secondary N) is 1. The largest absolute Gasteiger partial charge is 0.421 e. The number of likely N-dealkylation sites (N-methyl/N-ethyl adjacent to an activating group) is 2. The monoisotopic (exact) mass is 407 g/mol. The summed E-state index contributed by atoms with van der Waals surface area (Å²) in [5, 5.41) is 3.52. The summed E-state index contributed by atoms with van der Waals surface area (Å²) in [6.45, 7) is 0.951. The van der Waals surface area contributed by atoms with Gasteiger partial charge in [-0.25, -0.2) is 4.98 Å². The zero-order chi connectivity index (χ0) is 19.5. The number of aromatic nitrogens is 2. The average Bonchev–Trinajstić information content (AvgIpc) is 2.55. The molecule has 5 nitrogen and oxygen atoms in total. The molecule has 1 N–H and O–H groups in total. The fraction of sp³-hybridized carbons (Fsp3) is 0.375. The second-order valence-corrected chi connectivity index (χ2v) is 6.72. The third-order valence-corrected chi connectivity index (χ3v) is 4.23. The lowest BCUT2D eigenvalue weighted by Crippen LogP contribution is -2.31. The molecule has 0 fully saturated rings. The van der Waals surface area contributed by atoms with Gasteiger partial charge in [0.1, 0.15) is 11.4 Å². The molecule has 0 aliphatic carbocycles. The summed E-state index contributed by atoms with van der Waals surface area (Å²) in [6.07, 6.45) is -3.78. The molecule has 0 bridgehead atoms. The molecule has 1 heterocycles. The van der Waals surface area contributed by atoms with E-state index < -0.39 is 11.7 Å². The molecule has 2 rings (SSSR count). The highest BCUT2D eigenvalue weighted by Gasteiger charge is 2.36. The van der Waals surface area contributed by atoms with Crippen LogP contribution >= 0.6 is 23.2 Å². The van der Waals surface area contributed by atoms with Gasteiger partial charge in [0.25, 0.3) is 0 Å². The van der Waals surface area contributed by atoms with E-state index in [-0.39, 0.29) is 11.8 Å². The van der Waals surface area contributed by atoms with Crippen LogP contribution < -0.4 is 10.2 Å². The molecule has 0 amide bonds. The highest BCUT2D eigenvalue weighted by Crippen LogP contribution is 2.35. The molecule has 142 valence electrons. The molecule has 10 heteroatoms. The number of benzene rings is 1. The Bertz CT molecular complexity index is 768. The van der Waals surface area contributed by atoms with Gasteiger partial charge in [-0.15, -0.1) is 0 Å². The highest BCUT2D eigenvalue weighted by molar-refractivity contribution is 6.42. The molecule has 0 radical (unpaired) electrons. The lowest BCUT2D eigenvalue weighted by atomic mass is 10.2. The van der Waals surface area contributed by atoms with Crippen LogP contribution in [0, 0.1) is 0 Å². The van der Waals surface area contributed by atoms with Gasteiger partial charge < -0.3 is 15.1 Å². The standard InChI is InChI=1S/C16H18Cl2F3N5/c1-25(2)6-7-26(3)14-11(16(19,20)21)9-22-15(24-14)23-10-4-5-12(17)13(18)8-10/h4-5,8-9H,6-7H2,1-3H3,(H,22,23,24). The van der Waals surface area contributed by atoms with Crippen LogP contribution in [0.25, 0.3) is 0 Å². The Hall–Kier alpha value is -1.77. The maximum atomic E-state index is 13.3. The van der Waals surface area contributed by atoms with Crippen molar-refractivity contribution in [3.05, 3.63) is 40.0 Å². The maximum Gasteiger partial charge on any atom is 0.421 e. The van der Waals surface area contributed by atoms with E-state index in [9.17, 15) is 13.2 Å². The summed E-state index contributed by atoms with van der Waals surface area (Å²) in [6, 6.07) is 4.74. The first-order chi connectivity index (χ1) is 12.1. The van der Waals surface area contributed by atoms with Crippen LogP contribution in [-0.4, -0.2) is 49.1 Å². The Balaban J connectivity index is 2.33.